The topological polar surface area (TPSA) is 136 Å². The zero-order valence-electron chi connectivity index (χ0n) is 16.8. The maximum absolute atomic E-state index is 11.7. The summed E-state index contributed by atoms with van der Waals surface area (Å²) >= 11 is 5.04. The van der Waals surface area contributed by atoms with Crippen LogP contribution >= 0.6 is 12.2 Å². The van der Waals surface area contributed by atoms with Crippen LogP contribution in [0.5, 0.6) is 0 Å². The minimum Gasteiger partial charge on any atom is -0.471 e. The van der Waals surface area contributed by atoms with Crippen LogP contribution in [0.15, 0.2) is 0 Å². The molecule has 1 aliphatic heterocycles. The molecule has 0 unspecified atom stereocenters. The molecule has 0 aromatic heterocycles. The van der Waals surface area contributed by atoms with Gasteiger partial charge < -0.3 is 33.7 Å². The van der Waals surface area contributed by atoms with Crippen LogP contribution in [0.2, 0.25) is 0 Å². The summed E-state index contributed by atoms with van der Waals surface area (Å²) in [4.78, 5) is 46.2. The summed E-state index contributed by atoms with van der Waals surface area (Å²) in [5.41, 5.74) is 0. The maximum Gasteiger partial charge on any atom is 0.303 e. The molecular formula is C17H25NO10S. The summed E-state index contributed by atoms with van der Waals surface area (Å²) < 4.78 is 31.7. The molecule has 1 heterocycles. The summed E-state index contributed by atoms with van der Waals surface area (Å²) in [7, 11) is 0. The summed E-state index contributed by atoms with van der Waals surface area (Å²) in [5.74, 6) is -2.73. The molecule has 0 aliphatic carbocycles. The van der Waals surface area contributed by atoms with E-state index in [2.05, 4.69) is 5.32 Å². The molecule has 5 atom stereocenters. The zero-order valence-corrected chi connectivity index (χ0v) is 17.6. The van der Waals surface area contributed by atoms with Gasteiger partial charge in [-0.05, 0) is 19.1 Å². The molecule has 0 aromatic carbocycles. The summed E-state index contributed by atoms with van der Waals surface area (Å²) in [6.45, 7) is 6.27. The van der Waals surface area contributed by atoms with Crippen molar-refractivity contribution in [1.29, 1.82) is 0 Å². The number of esters is 4. The SMILES string of the molecule is CCOC(=S)N[C@H]1O[C@H](COC(C)=O)[C@@H](OC(C)=O)[C@H](OC(C)=O)[C@@H]1OC(C)=O. The smallest absolute Gasteiger partial charge is 0.303 e. The van der Waals surface area contributed by atoms with Gasteiger partial charge in [0.25, 0.3) is 5.17 Å². The van der Waals surface area contributed by atoms with Gasteiger partial charge in [-0.3, -0.25) is 19.2 Å². The quantitative estimate of drug-likeness (QED) is 0.327. The van der Waals surface area contributed by atoms with E-state index < -0.39 is 54.5 Å². The fraction of sp³-hybridized carbons (Fsp3) is 0.706. The van der Waals surface area contributed by atoms with Crippen molar-refractivity contribution in [3.8, 4) is 0 Å². The minimum absolute atomic E-state index is 0.0617. The van der Waals surface area contributed by atoms with Gasteiger partial charge in [-0.1, -0.05) is 0 Å². The third kappa shape index (κ3) is 8.20. The molecule has 12 heteroatoms. The zero-order chi connectivity index (χ0) is 22.1. The number of carbonyl (C=O) groups excluding carboxylic acids is 4. The molecule has 0 saturated carbocycles. The van der Waals surface area contributed by atoms with Gasteiger partial charge in [0, 0.05) is 27.7 Å². The van der Waals surface area contributed by atoms with E-state index in [9.17, 15) is 19.2 Å². The van der Waals surface area contributed by atoms with E-state index in [1.165, 1.54) is 6.92 Å². The van der Waals surface area contributed by atoms with Crippen molar-refractivity contribution >= 4 is 41.3 Å². The Morgan fingerprint density at radius 3 is 1.83 bits per heavy atom. The predicted molar refractivity (Wildman–Crippen MR) is 99.3 cm³/mol. The molecule has 0 aromatic rings. The normalized spacial score (nSPS) is 25.9. The predicted octanol–water partition coefficient (Wildman–Crippen LogP) is -0.0195. The molecular weight excluding hydrogens is 410 g/mol. The van der Waals surface area contributed by atoms with Crippen LogP contribution in [0.25, 0.3) is 0 Å². The highest BCUT2D eigenvalue weighted by molar-refractivity contribution is 7.80. The largest absolute Gasteiger partial charge is 0.471 e. The molecule has 0 amide bonds. The van der Waals surface area contributed by atoms with E-state index in [0.29, 0.717) is 0 Å². The molecule has 1 fully saturated rings. The average Bonchev–Trinajstić information content (AvgIpc) is 2.57. The molecule has 1 saturated heterocycles. The van der Waals surface area contributed by atoms with Crippen LogP contribution in [0.4, 0.5) is 0 Å². The second-order valence-corrected chi connectivity index (χ2v) is 6.36. The van der Waals surface area contributed by atoms with E-state index in [4.69, 9.17) is 40.6 Å². The Balaban J connectivity index is 3.29. The molecule has 164 valence electrons. The number of nitrogens with one attached hydrogen (secondary N) is 1. The first kappa shape index (κ1) is 24.6. The first-order valence-electron chi connectivity index (χ1n) is 8.78. The van der Waals surface area contributed by atoms with Gasteiger partial charge in [0.15, 0.2) is 24.5 Å². The monoisotopic (exact) mass is 435 g/mol. The molecule has 29 heavy (non-hydrogen) atoms. The lowest BCUT2D eigenvalue weighted by atomic mass is 9.97. The Labute approximate surface area is 173 Å². The average molecular weight is 435 g/mol. The van der Waals surface area contributed by atoms with Crippen molar-refractivity contribution in [2.75, 3.05) is 13.2 Å². The fourth-order valence-corrected chi connectivity index (χ4v) is 2.87. The van der Waals surface area contributed by atoms with Crippen LogP contribution in [0.1, 0.15) is 34.6 Å². The van der Waals surface area contributed by atoms with Crippen LogP contribution in [0.3, 0.4) is 0 Å². The number of ether oxygens (including phenoxy) is 6. The summed E-state index contributed by atoms with van der Waals surface area (Å²) in [6, 6.07) is 0. The van der Waals surface area contributed by atoms with Gasteiger partial charge in [-0.15, -0.1) is 0 Å². The van der Waals surface area contributed by atoms with Gasteiger partial charge in [0.1, 0.15) is 12.7 Å². The van der Waals surface area contributed by atoms with Gasteiger partial charge in [0.05, 0.1) is 6.61 Å². The van der Waals surface area contributed by atoms with E-state index in [1.54, 1.807) is 6.92 Å². The molecule has 1 N–H and O–H groups in total. The van der Waals surface area contributed by atoms with E-state index >= 15 is 0 Å². The van der Waals surface area contributed by atoms with Crippen molar-refractivity contribution in [1.82, 2.24) is 5.32 Å². The highest BCUT2D eigenvalue weighted by Crippen LogP contribution is 2.28. The van der Waals surface area contributed by atoms with E-state index in [-0.39, 0.29) is 18.4 Å². The van der Waals surface area contributed by atoms with Crippen molar-refractivity contribution in [2.24, 2.45) is 0 Å². The standard InChI is InChI=1S/C17H25NO10S/c1-6-23-17(29)18-16-15(27-11(5)22)14(26-10(4)21)13(25-9(3)20)12(28-16)7-24-8(2)19/h12-16H,6-7H2,1-5H3,(H,18,29)/t12-,13-,14+,15+,16+/m1/s1. The lowest BCUT2D eigenvalue weighted by molar-refractivity contribution is -0.255. The van der Waals surface area contributed by atoms with E-state index in [0.717, 1.165) is 20.8 Å². The highest BCUT2D eigenvalue weighted by atomic mass is 32.1. The molecule has 1 aliphatic rings. The lowest BCUT2D eigenvalue weighted by Crippen LogP contribution is -2.66. The first-order valence-corrected chi connectivity index (χ1v) is 9.19. The minimum atomic E-state index is -1.27. The summed E-state index contributed by atoms with van der Waals surface area (Å²) in [6.07, 6.45) is -5.93. The van der Waals surface area contributed by atoms with Gasteiger partial charge in [-0.2, -0.15) is 0 Å². The molecule has 11 nitrogen and oxygen atoms in total. The third-order valence-corrected chi connectivity index (χ3v) is 3.76. The Bertz CT molecular complexity index is 640. The Hall–Kier alpha value is -2.47. The number of hydrogen-bond acceptors (Lipinski definition) is 11. The van der Waals surface area contributed by atoms with Crippen LogP contribution in [-0.4, -0.2) is 72.9 Å². The van der Waals surface area contributed by atoms with Gasteiger partial charge in [0.2, 0.25) is 0 Å². The van der Waals surface area contributed by atoms with Crippen molar-refractivity contribution in [2.45, 2.75) is 65.3 Å². The number of carbonyl (C=O) groups is 4. The number of thiocarbonyl (C=S) groups is 1. The third-order valence-electron chi connectivity index (χ3n) is 3.53. The van der Waals surface area contributed by atoms with Crippen LogP contribution in [-0.2, 0) is 47.6 Å². The maximum atomic E-state index is 11.7. The summed E-state index contributed by atoms with van der Waals surface area (Å²) in [5, 5.41) is 2.65. The van der Waals surface area contributed by atoms with Crippen molar-refractivity contribution in [3.63, 3.8) is 0 Å². The number of hydrogen-bond donors (Lipinski definition) is 1. The second kappa shape index (κ2) is 11.5. The van der Waals surface area contributed by atoms with E-state index in [1.807, 2.05) is 0 Å². The van der Waals surface area contributed by atoms with Crippen LogP contribution < -0.4 is 5.32 Å². The van der Waals surface area contributed by atoms with Crippen molar-refractivity contribution in [3.05, 3.63) is 0 Å². The number of rotatable bonds is 7. The Morgan fingerprint density at radius 1 is 0.828 bits per heavy atom. The highest BCUT2D eigenvalue weighted by Gasteiger charge is 2.52. The second-order valence-electron chi connectivity index (χ2n) is 5.98. The van der Waals surface area contributed by atoms with Gasteiger partial charge in [-0.25, -0.2) is 0 Å². The molecule has 1 rings (SSSR count). The Kier molecular flexibility index (Phi) is 9.75. The van der Waals surface area contributed by atoms with Crippen LogP contribution in [0, 0.1) is 0 Å². The van der Waals surface area contributed by atoms with Crippen molar-refractivity contribution < 1.29 is 47.6 Å². The Morgan fingerprint density at radius 2 is 1.34 bits per heavy atom. The fourth-order valence-electron chi connectivity index (χ4n) is 2.63. The lowest BCUT2D eigenvalue weighted by Gasteiger charge is -2.44. The first-order chi connectivity index (χ1) is 13.5. The molecule has 0 radical (unpaired) electrons. The molecule has 0 spiro atoms. The molecule has 0 bridgehead atoms. The van der Waals surface area contributed by atoms with Gasteiger partial charge >= 0.3 is 23.9 Å².